The lowest BCUT2D eigenvalue weighted by atomic mass is 9.78. The molecule has 2 amide bonds. The van der Waals surface area contributed by atoms with Gasteiger partial charge in [-0.3, -0.25) is 9.59 Å². The summed E-state index contributed by atoms with van der Waals surface area (Å²) in [6.07, 6.45) is 3.52. The standard InChI is InChI=1S/C16H31N3O2/c1-11(2)17-15(20)9-19(5)10-16(21)18-14-8-6-7-12(3)13(14)4/h11-14H,6-10H2,1-5H3,(H,17,20)(H,18,21)/p+1/t12-,13+,14-/m0/s1. The molecule has 4 atom stereocenters. The SMILES string of the molecule is CC(C)NC(=O)C[NH+](C)CC(=O)N[C@H]1CCC[C@H](C)[C@H]1C. The molecule has 5 nitrogen and oxygen atoms in total. The molecule has 1 saturated carbocycles. The Morgan fingerprint density at radius 3 is 2.38 bits per heavy atom. The minimum absolute atomic E-state index is 0.00467. The minimum Gasteiger partial charge on any atom is -0.349 e. The number of likely N-dealkylation sites (N-methyl/N-ethyl adjacent to an activating group) is 1. The summed E-state index contributed by atoms with van der Waals surface area (Å²) in [7, 11) is 1.88. The van der Waals surface area contributed by atoms with Gasteiger partial charge < -0.3 is 15.5 Å². The first-order valence-corrected chi connectivity index (χ1v) is 8.19. The van der Waals surface area contributed by atoms with Crippen molar-refractivity contribution >= 4 is 11.8 Å². The first kappa shape index (κ1) is 18.0. The fraction of sp³-hybridized carbons (Fsp3) is 0.875. The van der Waals surface area contributed by atoms with E-state index in [-0.39, 0.29) is 17.9 Å². The molecule has 1 aliphatic carbocycles. The van der Waals surface area contributed by atoms with Gasteiger partial charge in [0.05, 0.1) is 7.05 Å². The van der Waals surface area contributed by atoms with E-state index in [1.165, 1.54) is 12.8 Å². The Labute approximate surface area is 128 Å². The third-order valence-corrected chi connectivity index (χ3v) is 4.43. The zero-order valence-electron chi connectivity index (χ0n) is 14.2. The van der Waals surface area contributed by atoms with Crippen LogP contribution < -0.4 is 15.5 Å². The number of rotatable bonds is 6. The fourth-order valence-corrected chi connectivity index (χ4v) is 3.03. The van der Waals surface area contributed by atoms with Gasteiger partial charge in [-0.25, -0.2) is 0 Å². The third-order valence-electron chi connectivity index (χ3n) is 4.43. The Morgan fingerprint density at radius 2 is 1.76 bits per heavy atom. The summed E-state index contributed by atoms with van der Waals surface area (Å²) in [4.78, 5) is 24.7. The van der Waals surface area contributed by atoms with Crippen molar-refractivity contribution in [3.63, 3.8) is 0 Å². The molecule has 3 N–H and O–H groups in total. The highest BCUT2D eigenvalue weighted by Crippen LogP contribution is 2.29. The lowest BCUT2D eigenvalue weighted by molar-refractivity contribution is -0.862. The van der Waals surface area contributed by atoms with Crippen molar-refractivity contribution in [2.45, 2.75) is 59.0 Å². The van der Waals surface area contributed by atoms with Gasteiger partial charge in [0.1, 0.15) is 0 Å². The molecule has 1 unspecified atom stereocenters. The van der Waals surface area contributed by atoms with Crippen LogP contribution in [0.1, 0.15) is 47.0 Å². The first-order chi connectivity index (χ1) is 9.79. The third kappa shape index (κ3) is 6.46. The summed E-state index contributed by atoms with van der Waals surface area (Å²) in [5, 5.41) is 6.00. The van der Waals surface area contributed by atoms with Crippen LogP contribution in [0, 0.1) is 11.8 Å². The number of hydrogen-bond donors (Lipinski definition) is 3. The van der Waals surface area contributed by atoms with E-state index in [1.54, 1.807) is 0 Å². The van der Waals surface area contributed by atoms with Gasteiger partial charge in [0.15, 0.2) is 13.1 Å². The highest BCUT2D eigenvalue weighted by atomic mass is 16.2. The second kappa shape index (κ2) is 8.37. The molecule has 5 heteroatoms. The molecule has 0 aromatic carbocycles. The number of nitrogens with one attached hydrogen (secondary N) is 3. The molecule has 0 saturated heterocycles. The number of hydrogen-bond acceptors (Lipinski definition) is 2. The molecule has 0 aromatic heterocycles. The van der Waals surface area contributed by atoms with Crippen molar-refractivity contribution in [2.75, 3.05) is 20.1 Å². The normalized spacial score (nSPS) is 27.2. The predicted molar refractivity (Wildman–Crippen MR) is 84.0 cm³/mol. The summed E-state index contributed by atoms with van der Waals surface area (Å²) in [6, 6.07) is 0.433. The summed E-state index contributed by atoms with van der Waals surface area (Å²) in [5.41, 5.74) is 0. The molecule has 122 valence electrons. The van der Waals surface area contributed by atoms with Gasteiger partial charge in [-0.1, -0.05) is 26.7 Å². The van der Waals surface area contributed by atoms with E-state index >= 15 is 0 Å². The average molecular weight is 298 g/mol. The predicted octanol–water partition coefficient (Wildman–Crippen LogP) is -0.0334. The molecule has 1 rings (SSSR count). The number of amides is 2. The molecule has 1 fully saturated rings. The second-order valence-corrected chi connectivity index (χ2v) is 6.97. The van der Waals surface area contributed by atoms with E-state index < -0.39 is 0 Å². The fourth-order valence-electron chi connectivity index (χ4n) is 3.03. The largest absolute Gasteiger partial charge is 0.349 e. The highest BCUT2D eigenvalue weighted by molar-refractivity contribution is 5.79. The molecule has 0 heterocycles. The Morgan fingerprint density at radius 1 is 1.14 bits per heavy atom. The molecular formula is C16H32N3O2+. The van der Waals surface area contributed by atoms with Crippen LogP contribution in [0.3, 0.4) is 0 Å². The summed E-state index contributed by atoms with van der Waals surface area (Å²) < 4.78 is 0. The maximum Gasteiger partial charge on any atom is 0.275 e. The van der Waals surface area contributed by atoms with Crippen molar-refractivity contribution in [2.24, 2.45) is 11.8 Å². The zero-order chi connectivity index (χ0) is 16.0. The minimum atomic E-state index is -0.00467. The Bertz CT molecular complexity index is 357. The molecule has 21 heavy (non-hydrogen) atoms. The van der Waals surface area contributed by atoms with Crippen molar-refractivity contribution < 1.29 is 14.5 Å². The Balaban J connectivity index is 2.34. The molecule has 0 aliphatic heterocycles. The Hall–Kier alpha value is -1.10. The van der Waals surface area contributed by atoms with Crippen LogP contribution in [0.15, 0.2) is 0 Å². The van der Waals surface area contributed by atoms with Crippen LogP contribution >= 0.6 is 0 Å². The summed E-state index contributed by atoms with van der Waals surface area (Å²) in [5.74, 6) is 1.25. The van der Waals surface area contributed by atoms with Crippen LogP contribution in [-0.4, -0.2) is 44.0 Å². The van der Waals surface area contributed by atoms with Crippen molar-refractivity contribution in [1.82, 2.24) is 10.6 Å². The molecular weight excluding hydrogens is 266 g/mol. The molecule has 0 radical (unpaired) electrons. The van der Waals surface area contributed by atoms with Crippen molar-refractivity contribution in [3.05, 3.63) is 0 Å². The molecule has 1 aliphatic rings. The van der Waals surface area contributed by atoms with E-state index in [0.29, 0.717) is 31.0 Å². The molecule has 0 bridgehead atoms. The van der Waals surface area contributed by atoms with Crippen molar-refractivity contribution in [3.8, 4) is 0 Å². The topological polar surface area (TPSA) is 62.6 Å². The van der Waals surface area contributed by atoms with E-state index in [9.17, 15) is 9.59 Å². The quantitative estimate of drug-likeness (QED) is 0.645. The number of carbonyl (C=O) groups is 2. The maximum absolute atomic E-state index is 12.1. The van der Waals surface area contributed by atoms with Crippen LogP contribution in [0.5, 0.6) is 0 Å². The smallest absolute Gasteiger partial charge is 0.275 e. The first-order valence-electron chi connectivity index (χ1n) is 8.19. The van der Waals surface area contributed by atoms with Gasteiger partial charge in [-0.15, -0.1) is 0 Å². The van der Waals surface area contributed by atoms with Gasteiger partial charge in [0.2, 0.25) is 0 Å². The van der Waals surface area contributed by atoms with Crippen molar-refractivity contribution in [1.29, 1.82) is 0 Å². The van der Waals surface area contributed by atoms with Gasteiger partial charge in [0, 0.05) is 12.1 Å². The van der Waals surface area contributed by atoms with E-state index in [2.05, 4.69) is 24.5 Å². The molecule has 0 spiro atoms. The number of carbonyl (C=O) groups excluding carboxylic acids is 2. The van der Waals surface area contributed by atoms with Crippen LogP contribution in [-0.2, 0) is 9.59 Å². The Kier molecular flexibility index (Phi) is 7.15. The lowest BCUT2D eigenvalue weighted by Crippen LogP contribution is -3.11. The van der Waals surface area contributed by atoms with Crippen LogP contribution in [0.2, 0.25) is 0 Å². The zero-order valence-corrected chi connectivity index (χ0v) is 14.2. The van der Waals surface area contributed by atoms with Gasteiger partial charge in [0.25, 0.3) is 11.8 Å². The number of quaternary nitrogens is 1. The van der Waals surface area contributed by atoms with Crippen LogP contribution in [0.4, 0.5) is 0 Å². The van der Waals surface area contributed by atoms with E-state index in [4.69, 9.17) is 0 Å². The van der Waals surface area contributed by atoms with Gasteiger partial charge >= 0.3 is 0 Å². The monoisotopic (exact) mass is 298 g/mol. The lowest BCUT2D eigenvalue weighted by Gasteiger charge is -2.34. The maximum atomic E-state index is 12.1. The van der Waals surface area contributed by atoms with Gasteiger partial charge in [-0.2, -0.15) is 0 Å². The second-order valence-electron chi connectivity index (χ2n) is 6.97. The van der Waals surface area contributed by atoms with Gasteiger partial charge in [-0.05, 0) is 32.1 Å². The molecule has 0 aromatic rings. The summed E-state index contributed by atoms with van der Waals surface area (Å²) in [6.45, 7) is 9.04. The summed E-state index contributed by atoms with van der Waals surface area (Å²) >= 11 is 0. The van der Waals surface area contributed by atoms with E-state index in [0.717, 1.165) is 11.3 Å². The average Bonchev–Trinajstić information content (AvgIpc) is 2.33. The highest BCUT2D eigenvalue weighted by Gasteiger charge is 2.28. The van der Waals surface area contributed by atoms with Crippen LogP contribution in [0.25, 0.3) is 0 Å². The van der Waals surface area contributed by atoms with E-state index in [1.807, 2.05) is 20.9 Å².